The topological polar surface area (TPSA) is 66.5 Å². The third-order valence-electron chi connectivity index (χ3n) is 4.77. The molecule has 1 aliphatic heterocycles. The van der Waals surface area contributed by atoms with E-state index in [1.54, 1.807) is 12.1 Å². The number of anilines is 1. The maximum absolute atomic E-state index is 12.7. The van der Waals surface area contributed by atoms with Gasteiger partial charge in [0.05, 0.1) is 12.0 Å². The number of benzene rings is 2. The SMILES string of the molecule is CC(C)(C(=O)Nc1ccc(CN2C(=O)CCC2=O)cc1)c1ccccc1. The van der Waals surface area contributed by atoms with Crippen molar-refractivity contribution in [3.8, 4) is 0 Å². The number of rotatable bonds is 5. The van der Waals surface area contributed by atoms with Gasteiger partial charge in [0, 0.05) is 18.5 Å². The Labute approximate surface area is 153 Å². The number of imide groups is 1. The number of carbonyl (C=O) groups is 3. The van der Waals surface area contributed by atoms with Gasteiger partial charge in [0.2, 0.25) is 17.7 Å². The van der Waals surface area contributed by atoms with Crippen molar-refractivity contribution >= 4 is 23.4 Å². The molecule has 1 N–H and O–H groups in total. The zero-order valence-corrected chi connectivity index (χ0v) is 15.0. The van der Waals surface area contributed by atoms with Gasteiger partial charge < -0.3 is 5.32 Å². The third-order valence-corrected chi connectivity index (χ3v) is 4.77. The normalized spacial score (nSPS) is 14.6. The summed E-state index contributed by atoms with van der Waals surface area (Å²) < 4.78 is 0. The van der Waals surface area contributed by atoms with Gasteiger partial charge in [-0.25, -0.2) is 0 Å². The predicted molar refractivity (Wildman–Crippen MR) is 99.3 cm³/mol. The second-order valence-corrected chi connectivity index (χ2v) is 7.02. The quantitative estimate of drug-likeness (QED) is 0.842. The summed E-state index contributed by atoms with van der Waals surface area (Å²) in [4.78, 5) is 37.3. The van der Waals surface area contributed by atoms with E-state index in [1.807, 2.05) is 56.3 Å². The second-order valence-electron chi connectivity index (χ2n) is 7.02. The Morgan fingerprint density at radius 1 is 0.962 bits per heavy atom. The first-order valence-electron chi connectivity index (χ1n) is 8.67. The molecular weight excluding hydrogens is 328 g/mol. The number of likely N-dealkylation sites (tertiary alicyclic amines) is 1. The summed E-state index contributed by atoms with van der Waals surface area (Å²) in [7, 11) is 0. The van der Waals surface area contributed by atoms with E-state index >= 15 is 0 Å². The maximum Gasteiger partial charge on any atom is 0.234 e. The Morgan fingerprint density at radius 3 is 2.12 bits per heavy atom. The highest BCUT2D eigenvalue weighted by Gasteiger charge is 2.30. The molecular formula is C21H22N2O3. The zero-order valence-electron chi connectivity index (χ0n) is 15.0. The van der Waals surface area contributed by atoms with E-state index in [0.29, 0.717) is 18.5 Å². The van der Waals surface area contributed by atoms with Gasteiger partial charge in [0.15, 0.2) is 0 Å². The largest absolute Gasteiger partial charge is 0.325 e. The first-order valence-corrected chi connectivity index (χ1v) is 8.67. The van der Waals surface area contributed by atoms with Crippen molar-refractivity contribution in [2.24, 2.45) is 0 Å². The molecule has 0 spiro atoms. The Bertz CT molecular complexity index is 810. The summed E-state index contributed by atoms with van der Waals surface area (Å²) >= 11 is 0. The minimum absolute atomic E-state index is 0.0960. The minimum atomic E-state index is -0.658. The lowest BCUT2D eigenvalue weighted by Crippen LogP contribution is -2.34. The molecule has 0 saturated carbocycles. The van der Waals surface area contributed by atoms with E-state index in [2.05, 4.69) is 5.32 Å². The van der Waals surface area contributed by atoms with E-state index < -0.39 is 5.41 Å². The van der Waals surface area contributed by atoms with Crippen molar-refractivity contribution in [3.05, 3.63) is 65.7 Å². The lowest BCUT2D eigenvalue weighted by molar-refractivity contribution is -0.139. The fourth-order valence-corrected chi connectivity index (χ4v) is 2.95. The second kappa shape index (κ2) is 7.12. The summed E-state index contributed by atoms with van der Waals surface area (Å²) in [6.07, 6.45) is 0.586. The highest BCUT2D eigenvalue weighted by Crippen LogP contribution is 2.25. The van der Waals surface area contributed by atoms with Crippen LogP contribution < -0.4 is 5.32 Å². The van der Waals surface area contributed by atoms with Crippen LogP contribution in [0, 0.1) is 0 Å². The lowest BCUT2D eigenvalue weighted by Gasteiger charge is -2.24. The molecule has 5 heteroatoms. The number of nitrogens with zero attached hydrogens (tertiary/aromatic N) is 1. The van der Waals surface area contributed by atoms with E-state index in [-0.39, 0.29) is 24.3 Å². The van der Waals surface area contributed by atoms with Gasteiger partial charge in [0.1, 0.15) is 0 Å². The Balaban J connectivity index is 1.66. The standard InChI is InChI=1S/C21H22N2O3/c1-21(2,16-6-4-3-5-7-16)20(26)22-17-10-8-15(9-11-17)14-23-18(24)12-13-19(23)25/h3-11H,12-14H2,1-2H3,(H,22,26). The van der Waals surface area contributed by atoms with Gasteiger partial charge in [-0.2, -0.15) is 0 Å². The van der Waals surface area contributed by atoms with Crippen LogP contribution in [0.1, 0.15) is 37.8 Å². The summed E-state index contributed by atoms with van der Waals surface area (Å²) in [6.45, 7) is 4.05. The van der Waals surface area contributed by atoms with Gasteiger partial charge in [-0.15, -0.1) is 0 Å². The first kappa shape index (κ1) is 17.9. The molecule has 3 amide bonds. The molecule has 1 saturated heterocycles. The molecule has 134 valence electrons. The summed E-state index contributed by atoms with van der Waals surface area (Å²) in [5.74, 6) is -0.352. The van der Waals surface area contributed by atoms with Crippen molar-refractivity contribution in [2.75, 3.05) is 5.32 Å². The minimum Gasteiger partial charge on any atom is -0.325 e. The van der Waals surface area contributed by atoms with Crippen molar-refractivity contribution in [1.82, 2.24) is 4.90 Å². The highest BCUT2D eigenvalue weighted by molar-refractivity contribution is 6.02. The molecule has 26 heavy (non-hydrogen) atoms. The zero-order chi connectivity index (χ0) is 18.7. The van der Waals surface area contributed by atoms with Crippen LogP contribution in [-0.4, -0.2) is 22.6 Å². The number of carbonyl (C=O) groups excluding carboxylic acids is 3. The van der Waals surface area contributed by atoms with E-state index in [0.717, 1.165) is 11.1 Å². The Kier molecular flexibility index (Phi) is 4.89. The molecule has 1 heterocycles. The molecule has 0 aliphatic carbocycles. The van der Waals surface area contributed by atoms with Gasteiger partial charge in [-0.05, 0) is 37.1 Å². The molecule has 0 bridgehead atoms. The molecule has 0 radical (unpaired) electrons. The van der Waals surface area contributed by atoms with Crippen molar-refractivity contribution in [2.45, 2.75) is 38.6 Å². The fraction of sp³-hybridized carbons (Fsp3) is 0.286. The third kappa shape index (κ3) is 3.67. The van der Waals surface area contributed by atoms with Gasteiger partial charge in [0.25, 0.3) is 0 Å². The van der Waals surface area contributed by atoms with E-state index in [4.69, 9.17) is 0 Å². The molecule has 2 aromatic rings. The summed E-state index contributed by atoms with van der Waals surface area (Å²) in [5, 5.41) is 2.93. The van der Waals surface area contributed by atoms with Crippen molar-refractivity contribution in [3.63, 3.8) is 0 Å². The predicted octanol–water partition coefficient (Wildman–Crippen LogP) is 3.25. The maximum atomic E-state index is 12.7. The average molecular weight is 350 g/mol. The van der Waals surface area contributed by atoms with Crippen LogP contribution in [0.15, 0.2) is 54.6 Å². The van der Waals surface area contributed by atoms with Gasteiger partial charge >= 0.3 is 0 Å². The van der Waals surface area contributed by atoms with Crippen molar-refractivity contribution < 1.29 is 14.4 Å². The monoisotopic (exact) mass is 350 g/mol. The van der Waals surface area contributed by atoms with Crippen LogP contribution in [0.25, 0.3) is 0 Å². The van der Waals surface area contributed by atoms with Crippen LogP contribution in [0.2, 0.25) is 0 Å². The molecule has 0 unspecified atom stereocenters. The average Bonchev–Trinajstić information content (AvgIpc) is 2.96. The van der Waals surface area contributed by atoms with Crippen LogP contribution in [0.4, 0.5) is 5.69 Å². The first-order chi connectivity index (χ1) is 12.4. The molecule has 0 atom stereocenters. The molecule has 3 rings (SSSR count). The fourth-order valence-electron chi connectivity index (χ4n) is 2.95. The molecule has 0 aromatic heterocycles. The van der Waals surface area contributed by atoms with E-state index in [9.17, 15) is 14.4 Å². The number of hydrogen-bond acceptors (Lipinski definition) is 3. The van der Waals surface area contributed by atoms with Crippen LogP contribution in [-0.2, 0) is 26.3 Å². The van der Waals surface area contributed by atoms with Crippen LogP contribution in [0.5, 0.6) is 0 Å². The van der Waals surface area contributed by atoms with Crippen LogP contribution in [0.3, 0.4) is 0 Å². The van der Waals surface area contributed by atoms with Gasteiger partial charge in [-0.1, -0.05) is 42.5 Å². The lowest BCUT2D eigenvalue weighted by atomic mass is 9.83. The molecule has 2 aromatic carbocycles. The molecule has 1 fully saturated rings. The van der Waals surface area contributed by atoms with Crippen LogP contribution >= 0.6 is 0 Å². The Hall–Kier alpha value is -2.95. The molecule has 1 aliphatic rings. The number of nitrogens with one attached hydrogen (secondary N) is 1. The van der Waals surface area contributed by atoms with Crippen molar-refractivity contribution in [1.29, 1.82) is 0 Å². The smallest absolute Gasteiger partial charge is 0.234 e. The summed E-state index contributed by atoms with van der Waals surface area (Å²) in [6, 6.07) is 16.9. The summed E-state index contributed by atoms with van der Waals surface area (Å²) in [5.41, 5.74) is 1.82. The number of hydrogen-bond donors (Lipinski definition) is 1. The highest BCUT2D eigenvalue weighted by atomic mass is 16.2. The Morgan fingerprint density at radius 2 is 1.54 bits per heavy atom. The number of amides is 3. The van der Waals surface area contributed by atoms with E-state index in [1.165, 1.54) is 4.90 Å². The van der Waals surface area contributed by atoms with Gasteiger partial charge in [-0.3, -0.25) is 19.3 Å². The molecule has 5 nitrogen and oxygen atoms in total.